The van der Waals surface area contributed by atoms with Crippen molar-refractivity contribution in [1.29, 1.82) is 0 Å². The van der Waals surface area contributed by atoms with E-state index in [1.807, 2.05) is 6.92 Å². The van der Waals surface area contributed by atoms with Gasteiger partial charge in [-0.15, -0.1) is 0 Å². The SMILES string of the molecule is CCCCCCCCCCCCCCCCCS(=O)(O)(O)CCCC. The van der Waals surface area contributed by atoms with E-state index in [9.17, 15) is 13.3 Å². The quantitative estimate of drug-likeness (QED) is 0.230. The minimum Gasteiger partial charge on any atom is -0.308 e. The van der Waals surface area contributed by atoms with Gasteiger partial charge in [0.05, 0.1) is 9.63 Å². The van der Waals surface area contributed by atoms with Crippen LogP contribution in [0.15, 0.2) is 0 Å². The Morgan fingerprint density at radius 2 is 0.760 bits per heavy atom. The fraction of sp³-hybridized carbons (Fsp3) is 1.00. The van der Waals surface area contributed by atoms with Gasteiger partial charge < -0.3 is 9.11 Å². The van der Waals surface area contributed by atoms with Gasteiger partial charge in [0, 0.05) is 11.5 Å². The van der Waals surface area contributed by atoms with Crippen molar-refractivity contribution in [2.45, 2.75) is 123 Å². The molecule has 154 valence electrons. The van der Waals surface area contributed by atoms with Gasteiger partial charge in [0.2, 0.25) is 0 Å². The van der Waals surface area contributed by atoms with E-state index in [4.69, 9.17) is 0 Å². The second-order valence-corrected chi connectivity index (χ2v) is 11.1. The molecule has 0 atom stereocenters. The van der Waals surface area contributed by atoms with E-state index in [2.05, 4.69) is 6.92 Å². The third-order valence-electron chi connectivity index (χ3n) is 5.07. The van der Waals surface area contributed by atoms with Gasteiger partial charge in [-0.3, -0.25) is 0 Å². The summed E-state index contributed by atoms with van der Waals surface area (Å²) >= 11 is 0. The number of unbranched alkanes of at least 4 members (excludes halogenated alkanes) is 15. The molecule has 0 bridgehead atoms. The van der Waals surface area contributed by atoms with E-state index in [0.717, 1.165) is 19.3 Å². The molecule has 0 rings (SSSR count). The lowest BCUT2D eigenvalue weighted by molar-refractivity contribution is 0.385. The Bertz CT molecular complexity index is 349. The van der Waals surface area contributed by atoms with Crippen LogP contribution in [0.5, 0.6) is 0 Å². The maximum atomic E-state index is 12.0. The Morgan fingerprint density at radius 1 is 0.480 bits per heavy atom. The van der Waals surface area contributed by atoms with Gasteiger partial charge in [-0.1, -0.05) is 110 Å². The second-order valence-electron chi connectivity index (χ2n) is 7.90. The van der Waals surface area contributed by atoms with Crippen LogP contribution in [0, 0.1) is 0 Å². The van der Waals surface area contributed by atoms with Crippen LogP contribution >= 0.6 is 0 Å². The average Bonchev–Trinajstić information content (AvgIpc) is 2.56. The van der Waals surface area contributed by atoms with Gasteiger partial charge in [0.15, 0.2) is 0 Å². The molecule has 0 aromatic heterocycles. The molecule has 0 heterocycles. The highest BCUT2D eigenvalue weighted by Crippen LogP contribution is 2.21. The normalized spacial score (nSPS) is 13.7. The molecule has 0 aliphatic carbocycles. The monoisotopic (exact) mass is 378 g/mol. The van der Waals surface area contributed by atoms with Crippen molar-refractivity contribution in [3.05, 3.63) is 0 Å². The Balaban J connectivity index is 3.30. The van der Waals surface area contributed by atoms with Crippen LogP contribution in [0.4, 0.5) is 0 Å². The largest absolute Gasteiger partial charge is 0.308 e. The molecule has 25 heavy (non-hydrogen) atoms. The van der Waals surface area contributed by atoms with E-state index < -0.39 is 9.63 Å². The molecule has 2 N–H and O–H groups in total. The smallest absolute Gasteiger partial charge is 0.0826 e. The van der Waals surface area contributed by atoms with Crippen LogP contribution < -0.4 is 0 Å². The highest BCUT2D eigenvalue weighted by atomic mass is 32.3. The lowest BCUT2D eigenvalue weighted by atomic mass is 10.0. The molecule has 0 unspecified atom stereocenters. The van der Waals surface area contributed by atoms with Crippen molar-refractivity contribution in [3.63, 3.8) is 0 Å². The number of hydrogen-bond donors (Lipinski definition) is 2. The summed E-state index contributed by atoms with van der Waals surface area (Å²) < 4.78 is 31.6. The van der Waals surface area contributed by atoms with Crippen LogP contribution in [0.3, 0.4) is 0 Å². The molecule has 0 spiro atoms. The molecular formula is C21H46O3S. The first kappa shape index (κ1) is 25.1. The van der Waals surface area contributed by atoms with Gasteiger partial charge in [0.1, 0.15) is 0 Å². The summed E-state index contributed by atoms with van der Waals surface area (Å²) in [5.41, 5.74) is 0. The summed E-state index contributed by atoms with van der Waals surface area (Å²) in [7, 11) is -4.30. The topological polar surface area (TPSA) is 57.5 Å². The van der Waals surface area contributed by atoms with Gasteiger partial charge in [-0.25, -0.2) is 4.21 Å². The first-order valence-corrected chi connectivity index (χ1v) is 13.2. The summed E-state index contributed by atoms with van der Waals surface area (Å²) in [6.45, 7) is 4.23. The van der Waals surface area contributed by atoms with Crippen molar-refractivity contribution >= 4 is 9.63 Å². The minimum atomic E-state index is -4.30. The molecule has 4 heteroatoms. The maximum Gasteiger partial charge on any atom is 0.0826 e. The predicted molar refractivity (Wildman–Crippen MR) is 113 cm³/mol. The minimum absolute atomic E-state index is 0.0479. The van der Waals surface area contributed by atoms with E-state index in [0.29, 0.717) is 12.8 Å². The van der Waals surface area contributed by atoms with Crippen LogP contribution in [0.1, 0.15) is 123 Å². The Hall–Kier alpha value is 0.0700. The molecule has 0 amide bonds. The lowest BCUT2D eigenvalue weighted by Crippen LogP contribution is -2.38. The van der Waals surface area contributed by atoms with E-state index in [1.165, 1.54) is 77.0 Å². The molecule has 0 saturated carbocycles. The van der Waals surface area contributed by atoms with Crippen molar-refractivity contribution in [2.24, 2.45) is 0 Å². The molecule has 0 aliphatic rings. The molecule has 0 radical (unpaired) electrons. The third kappa shape index (κ3) is 18.7. The lowest BCUT2D eigenvalue weighted by Gasteiger charge is -2.30. The van der Waals surface area contributed by atoms with Crippen molar-refractivity contribution in [3.8, 4) is 0 Å². The van der Waals surface area contributed by atoms with Crippen LogP contribution in [-0.4, -0.2) is 24.8 Å². The maximum absolute atomic E-state index is 12.0. The first-order chi connectivity index (χ1) is 11.9. The molecule has 0 aliphatic heterocycles. The molecule has 0 aromatic rings. The Morgan fingerprint density at radius 3 is 1.12 bits per heavy atom. The molecular weight excluding hydrogens is 332 g/mol. The van der Waals surface area contributed by atoms with Crippen LogP contribution in [-0.2, 0) is 9.63 Å². The first-order valence-electron chi connectivity index (χ1n) is 11.0. The predicted octanol–water partition coefficient (Wildman–Crippen LogP) is 7.42. The highest BCUT2D eigenvalue weighted by Gasteiger charge is 2.27. The van der Waals surface area contributed by atoms with Crippen LogP contribution in [0.2, 0.25) is 0 Å². The van der Waals surface area contributed by atoms with Crippen molar-refractivity contribution in [1.82, 2.24) is 0 Å². The summed E-state index contributed by atoms with van der Waals surface area (Å²) in [6, 6.07) is 0. The Kier molecular flexibility index (Phi) is 15.2. The summed E-state index contributed by atoms with van der Waals surface area (Å²) in [5.74, 6) is 0.113. The van der Waals surface area contributed by atoms with E-state index in [1.54, 1.807) is 0 Å². The van der Waals surface area contributed by atoms with E-state index in [-0.39, 0.29) is 11.5 Å². The molecule has 0 fully saturated rings. The van der Waals surface area contributed by atoms with Crippen LogP contribution in [0.25, 0.3) is 0 Å². The number of rotatable bonds is 19. The standard InChI is InChI=1S/C21H46O3S/c1-3-5-7-8-9-10-11-12-13-14-15-16-17-18-19-21-25(22,23,24)20-6-4-2/h3-21H2,1-2H3,(H2,22,23,24). The fourth-order valence-electron chi connectivity index (χ4n) is 3.30. The van der Waals surface area contributed by atoms with Crippen molar-refractivity contribution < 1.29 is 13.3 Å². The zero-order chi connectivity index (χ0) is 18.9. The van der Waals surface area contributed by atoms with Crippen molar-refractivity contribution in [2.75, 3.05) is 11.5 Å². The third-order valence-corrected chi connectivity index (χ3v) is 7.28. The van der Waals surface area contributed by atoms with Gasteiger partial charge in [-0.2, -0.15) is 0 Å². The molecule has 0 saturated heterocycles. The fourth-order valence-corrected chi connectivity index (χ4v) is 5.16. The summed E-state index contributed by atoms with van der Waals surface area (Å²) in [4.78, 5) is 0. The van der Waals surface area contributed by atoms with E-state index >= 15 is 0 Å². The summed E-state index contributed by atoms with van der Waals surface area (Å²) in [5, 5.41) is 0. The summed E-state index contributed by atoms with van der Waals surface area (Å²) in [6.07, 6.45) is 20.5. The number of hydrogen-bond acceptors (Lipinski definition) is 1. The second kappa shape index (κ2) is 15.2. The average molecular weight is 379 g/mol. The zero-order valence-corrected chi connectivity index (χ0v) is 18.0. The zero-order valence-electron chi connectivity index (χ0n) is 17.1. The van der Waals surface area contributed by atoms with Gasteiger partial charge in [-0.05, 0) is 12.8 Å². The highest BCUT2D eigenvalue weighted by molar-refractivity contribution is 8.10. The molecule has 0 aromatic carbocycles. The Labute approximate surface area is 157 Å². The van der Waals surface area contributed by atoms with Gasteiger partial charge >= 0.3 is 0 Å². The van der Waals surface area contributed by atoms with Gasteiger partial charge in [0.25, 0.3) is 0 Å². The molecule has 3 nitrogen and oxygen atoms in total.